The van der Waals surface area contributed by atoms with Gasteiger partial charge in [-0.05, 0) is 12.1 Å². The third-order valence-electron chi connectivity index (χ3n) is 2.86. The molecule has 2 aromatic carbocycles. The molecule has 0 saturated carbocycles. The highest BCUT2D eigenvalue weighted by Crippen LogP contribution is 2.26. The Hall–Kier alpha value is -2.62. The van der Waals surface area contributed by atoms with Crippen LogP contribution in [-0.2, 0) is 0 Å². The van der Waals surface area contributed by atoms with E-state index in [0.717, 1.165) is 0 Å². The topological polar surface area (TPSA) is 50.4 Å². The fraction of sp³-hybridized carbons (Fsp3) is 0. The molecule has 0 saturated heterocycles. The molecule has 0 bridgehead atoms. The molecule has 94 valence electrons. The van der Waals surface area contributed by atoms with Gasteiger partial charge < -0.3 is 9.52 Å². The molecule has 0 amide bonds. The summed E-state index contributed by atoms with van der Waals surface area (Å²) in [4.78, 5) is 11.9. The van der Waals surface area contributed by atoms with Gasteiger partial charge in [0, 0.05) is 11.6 Å². The Morgan fingerprint density at radius 3 is 2.53 bits per heavy atom. The van der Waals surface area contributed by atoms with Crippen LogP contribution in [0.5, 0.6) is 5.75 Å². The minimum absolute atomic E-state index is 0.0405. The molecule has 3 aromatic rings. The fourth-order valence-electron chi connectivity index (χ4n) is 1.93. The van der Waals surface area contributed by atoms with Crippen LogP contribution in [0.1, 0.15) is 0 Å². The van der Waals surface area contributed by atoms with Crippen molar-refractivity contribution in [2.45, 2.75) is 0 Å². The van der Waals surface area contributed by atoms with Crippen molar-refractivity contribution < 1.29 is 13.9 Å². The van der Waals surface area contributed by atoms with Gasteiger partial charge in [0.25, 0.3) is 0 Å². The number of rotatable bonds is 1. The first kappa shape index (κ1) is 11.5. The van der Waals surface area contributed by atoms with Crippen LogP contribution in [0.4, 0.5) is 4.39 Å². The monoisotopic (exact) mass is 256 g/mol. The Morgan fingerprint density at radius 2 is 1.79 bits per heavy atom. The fourth-order valence-corrected chi connectivity index (χ4v) is 1.93. The number of fused-ring (bicyclic) bond motifs is 1. The van der Waals surface area contributed by atoms with Gasteiger partial charge in [-0.2, -0.15) is 4.39 Å². The summed E-state index contributed by atoms with van der Waals surface area (Å²) in [6.45, 7) is 0. The minimum atomic E-state index is -0.926. The second-order valence-electron chi connectivity index (χ2n) is 4.12. The molecular formula is C15H9FO3. The van der Waals surface area contributed by atoms with Crippen LogP contribution in [0.3, 0.4) is 0 Å². The number of hydrogen-bond acceptors (Lipinski definition) is 3. The van der Waals surface area contributed by atoms with Gasteiger partial charge in [-0.1, -0.05) is 30.3 Å². The zero-order chi connectivity index (χ0) is 13.4. The third kappa shape index (κ3) is 1.87. The van der Waals surface area contributed by atoms with Crippen molar-refractivity contribution in [1.82, 2.24) is 0 Å². The molecule has 0 unspecified atom stereocenters. The van der Waals surface area contributed by atoms with Crippen molar-refractivity contribution in [1.29, 1.82) is 0 Å². The Kier molecular flexibility index (Phi) is 2.56. The molecule has 0 fully saturated rings. The lowest BCUT2D eigenvalue weighted by Crippen LogP contribution is -2.08. The van der Waals surface area contributed by atoms with E-state index in [4.69, 9.17) is 4.42 Å². The highest BCUT2D eigenvalue weighted by atomic mass is 19.1. The SMILES string of the molecule is O=c1c(F)c(-c2ccccc2)oc2cc(O)ccc12. The van der Waals surface area contributed by atoms with Gasteiger partial charge in [0.05, 0.1) is 5.39 Å². The summed E-state index contributed by atoms with van der Waals surface area (Å²) in [5.74, 6) is -1.09. The van der Waals surface area contributed by atoms with E-state index >= 15 is 0 Å². The van der Waals surface area contributed by atoms with Crippen molar-refractivity contribution in [3.05, 3.63) is 64.6 Å². The van der Waals surface area contributed by atoms with Crippen molar-refractivity contribution in [3.63, 3.8) is 0 Å². The van der Waals surface area contributed by atoms with Crippen molar-refractivity contribution in [2.24, 2.45) is 0 Å². The van der Waals surface area contributed by atoms with E-state index in [2.05, 4.69) is 0 Å². The third-order valence-corrected chi connectivity index (χ3v) is 2.86. The van der Waals surface area contributed by atoms with Gasteiger partial charge in [0.1, 0.15) is 11.3 Å². The summed E-state index contributed by atoms with van der Waals surface area (Å²) in [6, 6.07) is 12.5. The number of phenols is 1. The molecular weight excluding hydrogens is 247 g/mol. The molecule has 0 atom stereocenters. The summed E-state index contributed by atoms with van der Waals surface area (Å²) in [6.07, 6.45) is 0. The highest BCUT2D eigenvalue weighted by Gasteiger charge is 2.15. The van der Waals surface area contributed by atoms with Crippen molar-refractivity contribution in [3.8, 4) is 17.1 Å². The van der Waals surface area contributed by atoms with Crippen LogP contribution >= 0.6 is 0 Å². The lowest BCUT2D eigenvalue weighted by molar-refractivity contribution is 0.473. The van der Waals surface area contributed by atoms with E-state index in [1.807, 2.05) is 0 Å². The Bertz CT molecular complexity index is 807. The maximum absolute atomic E-state index is 14.0. The number of hydrogen-bond donors (Lipinski definition) is 1. The average molecular weight is 256 g/mol. The highest BCUT2D eigenvalue weighted by molar-refractivity contribution is 5.80. The molecule has 1 heterocycles. The summed E-state index contributed by atoms with van der Waals surface area (Å²) >= 11 is 0. The Labute approximate surface area is 107 Å². The molecule has 1 N–H and O–H groups in total. The molecule has 0 radical (unpaired) electrons. The second kappa shape index (κ2) is 4.24. The van der Waals surface area contributed by atoms with Crippen LogP contribution in [-0.4, -0.2) is 5.11 Å². The number of aromatic hydroxyl groups is 1. The van der Waals surface area contributed by atoms with Crippen LogP contribution < -0.4 is 5.43 Å². The number of benzene rings is 2. The van der Waals surface area contributed by atoms with Crippen LogP contribution in [0, 0.1) is 5.82 Å². The molecule has 0 aliphatic heterocycles. The van der Waals surface area contributed by atoms with Gasteiger partial charge in [-0.25, -0.2) is 0 Å². The van der Waals surface area contributed by atoms with Gasteiger partial charge in [0.15, 0.2) is 5.76 Å². The predicted molar refractivity (Wildman–Crippen MR) is 69.5 cm³/mol. The van der Waals surface area contributed by atoms with E-state index in [1.165, 1.54) is 18.2 Å². The summed E-state index contributed by atoms with van der Waals surface area (Å²) in [5.41, 5.74) is -0.104. The largest absolute Gasteiger partial charge is 0.508 e. The number of halogens is 1. The summed E-state index contributed by atoms with van der Waals surface area (Å²) < 4.78 is 19.5. The van der Waals surface area contributed by atoms with Crippen LogP contribution in [0.25, 0.3) is 22.3 Å². The van der Waals surface area contributed by atoms with Gasteiger partial charge >= 0.3 is 0 Å². The molecule has 0 aliphatic carbocycles. The van der Waals surface area contributed by atoms with Gasteiger partial charge in [-0.15, -0.1) is 0 Å². The van der Waals surface area contributed by atoms with Crippen molar-refractivity contribution >= 4 is 11.0 Å². The second-order valence-corrected chi connectivity index (χ2v) is 4.12. The minimum Gasteiger partial charge on any atom is -0.508 e. The molecule has 0 aliphatic rings. The van der Waals surface area contributed by atoms with E-state index in [-0.39, 0.29) is 22.5 Å². The quantitative estimate of drug-likeness (QED) is 0.726. The zero-order valence-electron chi connectivity index (χ0n) is 9.76. The first-order chi connectivity index (χ1) is 9.16. The van der Waals surface area contributed by atoms with E-state index in [0.29, 0.717) is 5.56 Å². The van der Waals surface area contributed by atoms with Gasteiger partial charge in [-0.3, -0.25) is 4.79 Å². The molecule has 3 nitrogen and oxygen atoms in total. The lowest BCUT2D eigenvalue weighted by atomic mass is 10.1. The van der Waals surface area contributed by atoms with E-state index < -0.39 is 11.2 Å². The number of phenolic OH excluding ortho intramolecular Hbond substituents is 1. The molecule has 4 heteroatoms. The standard InChI is InChI=1S/C15H9FO3/c16-13-14(18)11-7-6-10(17)8-12(11)19-15(13)9-4-2-1-3-5-9/h1-8,17H. The first-order valence-electron chi connectivity index (χ1n) is 5.67. The lowest BCUT2D eigenvalue weighted by Gasteiger charge is -2.05. The zero-order valence-corrected chi connectivity index (χ0v) is 9.76. The van der Waals surface area contributed by atoms with Crippen LogP contribution in [0.2, 0.25) is 0 Å². The smallest absolute Gasteiger partial charge is 0.229 e. The first-order valence-corrected chi connectivity index (χ1v) is 5.67. The molecule has 19 heavy (non-hydrogen) atoms. The van der Waals surface area contributed by atoms with Crippen LogP contribution in [0.15, 0.2) is 57.7 Å². The maximum Gasteiger partial charge on any atom is 0.229 e. The van der Waals surface area contributed by atoms with E-state index in [1.54, 1.807) is 30.3 Å². The van der Waals surface area contributed by atoms with Crippen molar-refractivity contribution in [2.75, 3.05) is 0 Å². The Balaban J connectivity index is 2.38. The maximum atomic E-state index is 14.0. The molecule has 1 aromatic heterocycles. The van der Waals surface area contributed by atoms with E-state index in [9.17, 15) is 14.3 Å². The Morgan fingerprint density at radius 1 is 1.05 bits per heavy atom. The molecule has 3 rings (SSSR count). The summed E-state index contributed by atoms with van der Waals surface area (Å²) in [5, 5.41) is 9.50. The normalized spacial score (nSPS) is 10.8. The van der Waals surface area contributed by atoms with Gasteiger partial charge in [0.2, 0.25) is 11.2 Å². The summed E-state index contributed by atoms with van der Waals surface area (Å²) in [7, 11) is 0. The molecule has 0 spiro atoms. The average Bonchev–Trinajstić information content (AvgIpc) is 2.43. The predicted octanol–water partition coefficient (Wildman–Crippen LogP) is 3.30.